The number of halogens is 1. The Kier molecular flexibility index (Phi) is 2.58. The lowest BCUT2D eigenvalue weighted by molar-refractivity contribution is 0.875. The molecule has 3 rings (SSSR count). The van der Waals surface area contributed by atoms with Gasteiger partial charge in [-0.1, -0.05) is 22.0 Å². The zero-order chi connectivity index (χ0) is 12.5. The minimum atomic E-state index is 0.554. The fraction of sp³-hybridized carbons (Fsp3) is 0. The van der Waals surface area contributed by atoms with Crippen LogP contribution in [-0.2, 0) is 0 Å². The minimum absolute atomic E-state index is 0.554. The van der Waals surface area contributed by atoms with Crippen molar-refractivity contribution < 1.29 is 0 Å². The molecule has 2 heterocycles. The van der Waals surface area contributed by atoms with E-state index in [0.29, 0.717) is 11.5 Å². The van der Waals surface area contributed by atoms with Gasteiger partial charge in [-0.3, -0.25) is 0 Å². The van der Waals surface area contributed by atoms with E-state index in [0.717, 1.165) is 15.4 Å². The van der Waals surface area contributed by atoms with E-state index < -0.39 is 0 Å². The van der Waals surface area contributed by atoms with Crippen molar-refractivity contribution in [2.24, 2.45) is 0 Å². The summed E-state index contributed by atoms with van der Waals surface area (Å²) in [6, 6.07) is 9.34. The zero-order valence-corrected chi connectivity index (χ0v) is 10.8. The Morgan fingerprint density at radius 3 is 2.94 bits per heavy atom. The summed E-state index contributed by atoms with van der Waals surface area (Å²) < 4.78 is 2.72. The highest BCUT2D eigenvalue weighted by molar-refractivity contribution is 9.10. The van der Waals surface area contributed by atoms with Crippen molar-refractivity contribution in [3.63, 3.8) is 0 Å². The van der Waals surface area contributed by atoms with Crippen molar-refractivity contribution in [3.8, 4) is 5.82 Å². The molecule has 0 N–H and O–H groups in total. The SMILES string of the molecule is [C-]#[N+]c1ccnc(-n2ncc3ccc(Br)cc32)c1. The second-order valence-electron chi connectivity index (χ2n) is 3.74. The van der Waals surface area contributed by atoms with Crippen LogP contribution >= 0.6 is 15.9 Å². The molecule has 0 amide bonds. The van der Waals surface area contributed by atoms with E-state index in [-0.39, 0.29) is 0 Å². The Bertz CT molecular complexity index is 770. The molecule has 18 heavy (non-hydrogen) atoms. The van der Waals surface area contributed by atoms with Crippen molar-refractivity contribution in [2.45, 2.75) is 0 Å². The van der Waals surface area contributed by atoms with Crippen LogP contribution in [0.25, 0.3) is 21.6 Å². The number of rotatable bonds is 1. The first kappa shape index (κ1) is 10.9. The number of hydrogen-bond acceptors (Lipinski definition) is 2. The molecule has 0 unspecified atom stereocenters. The van der Waals surface area contributed by atoms with Gasteiger partial charge >= 0.3 is 0 Å². The average Bonchev–Trinajstić information content (AvgIpc) is 2.81. The number of aromatic nitrogens is 3. The molecule has 5 heteroatoms. The van der Waals surface area contributed by atoms with Gasteiger partial charge in [-0.2, -0.15) is 5.10 Å². The standard InChI is InChI=1S/C13H7BrN4/c1-15-11-4-5-16-13(7-11)18-12-6-10(14)3-2-9(12)8-17-18/h2-8H. The molecule has 0 radical (unpaired) electrons. The summed E-state index contributed by atoms with van der Waals surface area (Å²) in [6.45, 7) is 7.02. The molecule has 0 spiro atoms. The molecule has 2 aromatic heterocycles. The summed E-state index contributed by atoms with van der Waals surface area (Å²) in [5.41, 5.74) is 1.51. The summed E-state index contributed by atoms with van der Waals surface area (Å²) >= 11 is 3.44. The maximum absolute atomic E-state index is 7.02. The van der Waals surface area contributed by atoms with Gasteiger partial charge in [-0.25, -0.2) is 14.5 Å². The van der Waals surface area contributed by atoms with Gasteiger partial charge in [0.25, 0.3) is 0 Å². The Morgan fingerprint density at radius 1 is 1.22 bits per heavy atom. The Labute approximate surface area is 112 Å². The highest BCUT2D eigenvalue weighted by Crippen LogP contribution is 2.23. The van der Waals surface area contributed by atoms with E-state index in [1.165, 1.54) is 0 Å². The largest absolute Gasteiger partial charge is 0.240 e. The first-order chi connectivity index (χ1) is 8.78. The van der Waals surface area contributed by atoms with Gasteiger partial charge in [-0.15, -0.1) is 0 Å². The van der Waals surface area contributed by atoms with E-state index >= 15 is 0 Å². The quantitative estimate of drug-likeness (QED) is 0.642. The molecule has 0 aliphatic heterocycles. The van der Waals surface area contributed by atoms with Crippen LogP contribution in [0.4, 0.5) is 5.69 Å². The Morgan fingerprint density at radius 2 is 2.11 bits per heavy atom. The molecule has 0 saturated heterocycles. The summed E-state index contributed by atoms with van der Waals surface area (Å²) in [4.78, 5) is 7.65. The number of fused-ring (bicyclic) bond motifs is 1. The highest BCUT2D eigenvalue weighted by Gasteiger charge is 2.06. The van der Waals surface area contributed by atoms with Crippen LogP contribution in [-0.4, -0.2) is 14.8 Å². The number of hydrogen-bond donors (Lipinski definition) is 0. The number of benzene rings is 1. The molecule has 0 saturated carbocycles. The van der Waals surface area contributed by atoms with Crippen LogP contribution in [0.15, 0.2) is 47.2 Å². The Balaban J connectivity index is 2.25. The summed E-state index contributed by atoms with van der Waals surface area (Å²) in [7, 11) is 0. The fourth-order valence-electron chi connectivity index (χ4n) is 1.77. The Hall–Kier alpha value is -2.19. The summed E-state index contributed by atoms with van der Waals surface area (Å²) in [5, 5.41) is 5.35. The van der Waals surface area contributed by atoms with E-state index in [2.05, 4.69) is 30.9 Å². The average molecular weight is 299 g/mol. The maximum atomic E-state index is 7.02. The predicted octanol–water partition coefficient (Wildman–Crippen LogP) is 3.73. The summed E-state index contributed by atoms with van der Waals surface area (Å²) in [5.74, 6) is 0.650. The molecule has 3 aromatic rings. The molecular weight excluding hydrogens is 292 g/mol. The second kappa shape index (κ2) is 4.24. The van der Waals surface area contributed by atoms with Gasteiger partial charge in [0.1, 0.15) is 5.82 Å². The van der Waals surface area contributed by atoms with Crippen LogP contribution in [0.3, 0.4) is 0 Å². The van der Waals surface area contributed by atoms with Gasteiger partial charge in [0.2, 0.25) is 0 Å². The topological polar surface area (TPSA) is 35.1 Å². The third-order valence-corrected chi connectivity index (χ3v) is 3.10. The monoisotopic (exact) mass is 298 g/mol. The predicted molar refractivity (Wildman–Crippen MR) is 72.8 cm³/mol. The molecule has 0 bridgehead atoms. The van der Waals surface area contributed by atoms with Crippen LogP contribution in [0.1, 0.15) is 0 Å². The first-order valence-electron chi connectivity index (χ1n) is 5.25. The van der Waals surface area contributed by atoms with Crippen LogP contribution in [0, 0.1) is 6.57 Å². The molecule has 1 aromatic carbocycles. The minimum Gasteiger partial charge on any atom is -0.240 e. The molecule has 86 valence electrons. The van der Waals surface area contributed by atoms with Crippen molar-refractivity contribution >= 4 is 32.5 Å². The van der Waals surface area contributed by atoms with Crippen LogP contribution in [0.5, 0.6) is 0 Å². The number of nitrogens with zero attached hydrogens (tertiary/aromatic N) is 4. The highest BCUT2D eigenvalue weighted by atomic mass is 79.9. The first-order valence-corrected chi connectivity index (χ1v) is 6.04. The van der Waals surface area contributed by atoms with E-state index in [1.54, 1.807) is 29.2 Å². The van der Waals surface area contributed by atoms with Crippen molar-refractivity contribution in [3.05, 3.63) is 58.6 Å². The van der Waals surface area contributed by atoms with Gasteiger partial charge in [0.15, 0.2) is 5.69 Å². The number of pyridine rings is 1. The third-order valence-electron chi connectivity index (χ3n) is 2.61. The van der Waals surface area contributed by atoms with E-state index in [4.69, 9.17) is 6.57 Å². The summed E-state index contributed by atoms with van der Waals surface area (Å²) in [6.07, 6.45) is 3.40. The fourth-order valence-corrected chi connectivity index (χ4v) is 2.12. The third kappa shape index (κ3) is 1.77. The lowest BCUT2D eigenvalue weighted by Gasteiger charge is -2.03. The molecule has 0 aliphatic rings. The van der Waals surface area contributed by atoms with Gasteiger partial charge in [0, 0.05) is 16.1 Å². The lowest BCUT2D eigenvalue weighted by atomic mass is 10.2. The zero-order valence-electron chi connectivity index (χ0n) is 9.21. The molecule has 0 atom stereocenters. The second-order valence-corrected chi connectivity index (χ2v) is 4.66. The normalized spacial score (nSPS) is 10.4. The van der Waals surface area contributed by atoms with Crippen molar-refractivity contribution in [1.29, 1.82) is 0 Å². The van der Waals surface area contributed by atoms with Gasteiger partial charge in [0.05, 0.1) is 18.3 Å². The van der Waals surface area contributed by atoms with Crippen molar-refractivity contribution in [1.82, 2.24) is 14.8 Å². The maximum Gasteiger partial charge on any atom is 0.192 e. The molecule has 0 aliphatic carbocycles. The lowest BCUT2D eigenvalue weighted by Crippen LogP contribution is -1.98. The van der Waals surface area contributed by atoms with E-state index in [9.17, 15) is 0 Å². The van der Waals surface area contributed by atoms with Crippen molar-refractivity contribution in [2.75, 3.05) is 0 Å². The van der Waals surface area contributed by atoms with Crippen LogP contribution < -0.4 is 0 Å². The smallest absolute Gasteiger partial charge is 0.192 e. The van der Waals surface area contributed by atoms with Gasteiger partial charge < -0.3 is 0 Å². The molecule has 0 fully saturated rings. The molecular formula is C13H7BrN4. The molecule has 4 nitrogen and oxygen atoms in total. The van der Waals surface area contributed by atoms with E-state index in [1.807, 2.05) is 18.2 Å². The van der Waals surface area contributed by atoms with Crippen LogP contribution in [0.2, 0.25) is 0 Å². The van der Waals surface area contributed by atoms with Gasteiger partial charge in [-0.05, 0) is 24.3 Å².